The van der Waals surface area contributed by atoms with Crippen molar-refractivity contribution in [2.75, 3.05) is 25.1 Å². The van der Waals surface area contributed by atoms with Crippen LogP contribution in [0.5, 0.6) is 0 Å². The average Bonchev–Trinajstić information content (AvgIpc) is 2.39. The number of anilines is 1. The number of rotatable bonds is 5. The number of hydrogen-bond acceptors (Lipinski definition) is 3. The summed E-state index contributed by atoms with van der Waals surface area (Å²) < 4.78 is 18.4. The van der Waals surface area contributed by atoms with Crippen LogP contribution in [-0.4, -0.2) is 30.8 Å². The Morgan fingerprint density at radius 2 is 2.32 bits per heavy atom. The van der Waals surface area contributed by atoms with Crippen LogP contribution in [0.4, 0.5) is 10.1 Å². The van der Waals surface area contributed by atoms with Gasteiger partial charge in [0.2, 0.25) is 5.91 Å². The molecule has 1 rings (SSSR count). The highest BCUT2D eigenvalue weighted by Crippen LogP contribution is 2.14. The van der Waals surface area contributed by atoms with Gasteiger partial charge < -0.3 is 15.2 Å². The van der Waals surface area contributed by atoms with Crippen LogP contribution in [0.15, 0.2) is 18.2 Å². The van der Waals surface area contributed by atoms with Gasteiger partial charge in [-0.2, -0.15) is 0 Å². The molecule has 0 saturated carbocycles. The fraction of sp³-hybridized carbons (Fsp3) is 0.357. The monoisotopic (exact) mass is 265 g/mol. The molecule has 0 bridgehead atoms. The van der Waals surface area contributed by atoms with E-state index >= 15 is 0 Å². The fourth-order valence-electron chi connectivity index (χ4n) is 1.37. The summed E-state index contributed by atoms with van der Waals surface area (Å²) in [5, 5.41) is 11.2. The van der Waals surface area contributed by atoms with E-state index in [2.05, 4.69) is 17.2 Å². The molecule has 0 heterocycles. The highest BCUT2D eigenvalue weighted by Gasteiger charge is 2.05. The molecule has 0 saturated heterocycles. The molecule has 0 fully saturated rings. The predicted molar refractivity (Wildman–Crippen MR) is 70.1 cm³/mol. The number of amides is 1. The predicted octanol–water partition coefficient (Wildman–Crippen LogP) is 1.53. The van der Waals surface area contributed by atoms with Crippen molar-refractivity contribution in [3.05, 3.63) is 29.6 Å². The molecule has 4 nitrogen and oxygen atoms in total. The second-order valence-electron chi connectivity index (χ2n) is 3.65. The van der Waals surface area contributed by atoms with Crippen molar-refractivity contribution in [1.82, 2.24) is 0 Å². The van der Waals surface area contributed by atoms with E-state index in [0.29, 0.717) is 18.9 Å². The lowest BCUT2D eigenvalue weighted by Gasteiger charge is -2.06. The van der Waals surface area contributed by atoms with Gasteiger partial charge in [-0.1, -0.05) is 11.8 Å². The lowest BCUT2D eigenvalue weighted by Crippen LogP contribution is -2.14. The Balaban J connectivity index is 2.66. The van der Waals surface area contributed by atoms with Crippen molar-refractivity contribution < 1.29 is 19.0 Å². The first-order valence-electron chi connectivity index (χ1n) is 5.94. The quantitative estimate of drug-likeness (QED) is 0.627. The molecule has 0 aliphatic rings. The average molecular weight is 265 g/mol. The van der Waals surface area contributed by atoms with Crippen molar-refractivity contribution in [3.8, 4) is 11.8 Å². The molecular formula is C14H16FNO3. The number of ether oxygens (including phenoxy) is 1. The molecule has 0 unspecified atom stereocenters. The Labute approximate surface area is 111 Å². The third-order valence-corrected chi connectivity index (χ3v) is 2.23. The number of benzene rings is 1. The second kappa shape index (κ2) is 8.25. The summed E-state index contributed by atoms with van der Waals surface area (Å²) in [5.41, 5.74) is 0.599. The van der Waals surface area contributed by atoms with E-state index < -0.39 is 5.82 Å². The summed E-state index contributed by atoms with van der Waals surface area (Å²) in [5.74, 6) is 4.14. The van der Waals surface area contributed by atoms with Gasteiger partial charge in [0.1, 0.15) is 12.4 Å². The van der Waals surface area contributed by atoms with Gasteiger partial charge in [-0.25, -0.2) is 4.39 Å². The van der Waals surface area contributed by atoms with Crippen molar-refractivity contribution in [2.24, 2.45) is 0 Å². The van der Waals surface area contributed by atoms with E-state index in [1.54, 1.807) is 0 Å². The van der Waals surface area contributed by atoms with Crippen LogP contribution in [0.1, 0.15) is 18.9 Å². The topological polar surface area (TPSA) is 58.6 Å². The first kappa shape index (κ1) is 15.2. The van der Waals surface area contributed by atoms with E-state index in [4.69, 9.17) is 9.84 Å². The molecule has 19 heavy (non-hydrogen) atoms. The van der Waals surface area contributed by atoms with Crippen molar-refractivity contribution in [1.29, 1.82) is 0 Å². The third kappa shape index (κ3) is 5.51. The maximum atomic E-state index is 13.4. The number of hydrogen-bond donors (Lipinski definition) is 2. The Bertz CT molecular complexity index is 491. The van der Waals surface area contributed by atoms with Crippen LogP contribution in [0.2, 0.25) is 0 Å². The molecule has 1 aromatic carbocycles. The van der Waals surface area contributed by atoms with Crippen LogP contribution >= 0.6 is 0 Å². The standard InChI is InChI=1S/C14H16FNO3/c1-2-19-9-7-14(18)16-12-5-6-13(15)11(10-12)4-3-8-17/h5-6,10,17H,2,7-9H2,1H3,(H,16,18). The first-order valence-corrected chi connectivity index (χ1v) is 5.94. The number of halogens is 1. The minimum Gasteiger partial charge on any atom is -0.384 e. The fourth-order valence-corrected chi connectivity index (χ4v) is 1.37. The Morgan fingerprint density at radius 3 is 3.00 bits per heavy atom. The van der Waals surface area contributed by atoms with E-state index in [0.717, 1.165) is 0 Å². The molecule has 0 atom stereocenters. The number of aliphatic hydroxyl groups is 1. The molecule has 102 valence electrons. The van der Waals surface area contributed by atoms with Crippen LogP contribution in [0.3, 0.4) is 0 Å². The van der Waals surface area contributed by atoms with Gasteiger partial charge >= 0.3 is 0 Å². The van der Waals surface area contributed by atoms with Crippen LogP contribution < -0.4 is 5.32 Å². The molecular weight excluding hydrogens is 249 g/mol. The Hall–Kier alpha value is -1.90. The van der Waals surface area contributed by atoms with Crippen molar-refractivity contribution in [3.63, 3.8) is 0 Å². The van der Waals surface area contributed by atoms with Gasteiger partial charge in [0, 0.05) is 12.3 Å². The molecule has 2 N–H and O–H groups in total. The summed E-state index contributed by atoms with van der Waals surface area (Å²) in [6.45, 7) is 2.42. The van der Waals surface area contributed by atoms with Crippen LogP contribution in [0, 0.1) is 17.7 Å². The molecule has 0 aromatic heterocycles. The normalized spacial score (nSPS) is 9.63. The Kier molecular flexibility index (Phi) is 6.58. The molecule has 0 aliphatic heterocycles. The highest BCUT2D eigenvalue weighted by atomic mass is 19.1. The van der Waals surface area contributed by atoms with Gasteiger partial charge in [-0.15, -0.1) is 0 Å². The number of aliphatic hydroxyl groups excluding tert-OH is 1. The second-order valence-corrected chi connectivity index (χ2v) is 3.65. The number of nitrogens with one attached hydrogen (secondary N) is 1. The summed E-state index contributed by atoms with van der Waals surface area (Å²) in [6.07, 6.45) is 0.239. The molecule has 5 heteroatoms. The van der Waals surface area contributed by atoms with Gasteiger partial charge in [-0.05, 0) is 25.1 Å². The maximum absolute atomic E-state index is 13.4. The zero-order valence-electron chi connectivity index (χ0n) is 10.7. The van der Waals surface area contributed by atoms with E-state index in [-0.39, 0.29) is 24.5 Å². The number of carbonyl (C=O) groups excluding carboxylic acids is 1. The zero-order chi connectivity index (χ0) is 14.1. The summed E-state index contributed by atoms with van der Waals surface area (Å²) in [7, 11) is 0. The lowest BCUT2D eigenvalue weighted by atomic mass is 10.2. The largest absolute Gasteiger partial charge is 0.384 e. The maximum Gasteiger partial charge on any atom is 0.226 e. The van der Waals surface area contributed by atoms with Crippen molar-refractivity contribution in [2.45, 2.75) is 13.3 Å². The molecule has 1 aromatic rings. The smallest absolute Gasteiger partial charge is 0.226 e. The van der Waals surface area contributed by atoms with Crippen LogP contribution in [-0.2, 0) is 9.53 Å². The minimum atomic E-state index is -0.492. The zero-order valence-corrected chi connectivity index (χ0v) is 10.7. The molecule has 1 amide bonds. The van der Waals surface area contributed by atoms with Crippen molar-refractivity contribution >= 4 is 11.6 Å². The lowest BCUT2D eigenvalue weighted by molar-refractivity contribution is -0.117. The molecule has 0 spiro atoms. The van der Waals surface area contributed by atoms with E-state index in [1.165, 1.54) is 18.2 Å². The van der Waals surface area contributed by atoms with Gasteiger partial charge in [-0.3, -0.25) is 4.79 Å². The minimum absolute atomic E-state index is 0.136. The van der Waals surface area contributed by atoms with E-state index in [9.17, 15) is 9.18 Å². The number of carbonyl (C=O) groups is 1. The third-order valence-electron chi connectivity index (χ3n) is 2.23. The summed E-state index contributed by atoms with van der Waals surface area (Å²) in [4.78, 5) is 11.5. The van der Waals surface area contributed by atoms with Gasteiger partial charge in [0.25, 0.3) is 0 Å². The highest BCUT2D eigenvalue weighted by molar-refractivity contribution is 5.90. The molecule has 0 aliphatic carbocycles. The Morgan fingerprint density at radius 1 is 1.53 bits per heavy atom. The SMILES string of the molecule is CCOCCC(=O)Nc1ccc(F)c(C#CCO)c1. The van der Waals surface area contributed by atoms with E-state index in [1.807, 2.05) is 6.92 Å². The first-order chi connectivity index (χ1) is 9.17. The van der Waals surface area contributed by atoms with Crippen LogP contribution in [0.25, 0.3) is 0 Å². The van der Waals surface area contributed by atoms with Gasteiger partial charge in [0.05, 0.1) is 18.6 Å². The summed E-state index contributed by atoms with van der Waals surface area (Å²) >= 11 is 0. The van der Waals surface area contributed by atoms with Gasteiger partial charge in [0.15, 0.2) is 0 Å². The summed E-state index contributed by atoms with van der Waals surface area (Å²) in [6, 6.07) is 4.11. The molecule has 0 radical (unpaired) electrons.